The molecule has 1 N–H and O–H groups in total. The number of hydrogen-bond donors (Lipinski definition) is 1. The van der Waals surface area contributed by atoms with Crippen LogP contribution in [0.1, 0.15) is 46.5 Å². The molecule has 2 nitrogen and oxygen atoms in total. The Morgan fingerprint density at radius 2 is 2.19 bits per heavy atom. The van der Waals surface area contributed by atoms with E-state index >= 15 is 0 Å². The monoisotopic (exact) mass is 245 g/mol. The molecule has 0 aliphatic heterocycles. The summed E-state index contributed by atoms with van der Waals surface area (Å²) in [4.78, 5) is 0. The van der Waals surface area contributed by atoms with Gasteiger partial charge in [-0.15, -0.1) is 0 Å². The highest BCUT2D eigenvalue weighted by atomic mass is 32.2. The highest BCUT2D eigenvalue weighted by Crippen LogP contribution is 2.28. The number of rotatable bonds is 7. The van der Waals surface area contributed by atoms with Crippen molar-refractivity contribution in [1.82, 2.24) is 5.32 Å². The van der Waals surface area contributed by atoms with Crippen molar-refractivity contribution in [1.29, 1.82) is 0 Å². The molecular formula is C13H27NOS. The predicted molar refractivity (Wildman–Crippen MR) is 73.3 cm³/mol. The largest absolute Gasteiger partial charge is 0.380 e. The van der Waals surface area contributed by atoms with Gasteiger partial charge in [-0.3, -0.25) is 0 Å². The zero-order valence-corrected chi connectivity index (χ0v) is 11.8. The van der Waals surface area contributed by atoms with Gasteiger partial charge >= 0.3 is 0 Å². The van der Waals surface area contributed by atoms with Crippen LogP contribution >= 0.6 is 11.8 Å². The van der Waals surface area contributed by atoms with E-state index in [2.05, 4.69) is 37.8 Å². The van der Waals surface area contributed by atoms with Gasteiger partial charge in [-0.1, -0.05) is 13.3 Å². The quantitative estimate of drug-likeness (QED) is 0.745. The second-order valence-corrected chi connectivity index (χ2v) is 6.25. The highest BCUT2D eigenvalue weighted by Gasteiger charge is 2.22. The van der Waals surface area contributed by atoms with Crippen LogP contribution < -0.4 is 5.32 Å². The molecule has 1 aliphatic carbocycles. The van der Waals surface area contributed by atoms with Crippen molar-refractivity contribution in [2.24, 2.45) is 0 Å². The first-order chi connectivity index (χ1) is 7.76. The molecule has 0 spiro atoms. The Labute approximate surface area is 105 Å². The minimum Gasteiger partial charge on any atom is -0.380 e. The summed E-state index contributed by atoms with van der Waals surface area (Å²) in [5, 5.41) is 4.59. The SMILES string of the molecule is CCOCC(C)NC1CCCC(SCC)C1. The number of thioether (sulfide) groups is 1. The van der Waals surface area contributed by atoms with Crippen molar-refractivity contribution in [3.8, 4) is 0 Å². The predicted octanol–water partition coefficient (Wildman–Crippen LogP) is 3.07. The maximum Gasteiger partial charge on any atom is 0.0616 e. The van der Waals surface area contributed by atoms with Crippen molar-refractivity contribution >= 4 is 11.8 Å². The van der Waals surface area contributed by atoms with Crippen molar-refractivity contribution in [2.45, 2.75) is 63.8 Å². The Hall–Kier alpha value is 0.270. The van der Waals surface area contributed by atoms with Crippen LogP contribution in [0.5, 0.6) is 0 Å². The molecule has 1 aliphatic rings. The van der Waals surface area contributed by atoms with Gasteiger partial charge in [0.1, 0.15) is 0 Å². The Kier molecular flexibility index (Phi) is 7.50. The summed E-state index contributed by atoms with van der Waals surface area (Å²) in [7, 11) is 0. The van der Waals surface area contributed by atoms with Crippen LogP contribution in [-0.4, -0.2) is 36.3 Å². The lowest BCUT2D eigenvalue weighted by molar-refractivity contribution is 0.121. The normalized spacial score (nSPS) is 27.9. The summed E-state index contributed by atoms with van der Waals surface area (Å²) in [6, 6.07) is 1.21. The Morgan fingerprint density at radius 3 is 2.88 bits per heavy atom. The molecule has 3 unspecified atom stereocenters. The van der Waals surface area contributed by atoms with Gasteiger partial charge in [0.2, 0.25) is 0 Å². The third-order valence-corrected chi connectivity index (χ3v) is 4.35. The van der Waals surface area contributed by atoms with Crippen LogP contribution in [-0.2, 0) is 4.74 Å². The van der Waals surface area contributed by atoms with Crippen LogP contribution in [0.15, 0.2) is 0 Å². The molecule has 16 heavy (non-hydrogen) atoms. The number of hydrogen-bond acceptors (Lipinski definition) is 3. The first-order valence-corrected chi connectivity index (χ1v) is 7.76. The van der Waals surface area contributed by atoms with Crippen molar-refractivity contribution in [3.63, 3.8) is 0 Å². The lowest BCUT2D eigenvalue weighted by atomic mass is 9.94. The molecule has 0 aromatic heterocycles. The van der Waals surface area contributed by atoms with Crippen LogP contribution in [0.4, 0.5) is 0 Å². The lowest BCUT2D eigenvalue weighted by Crippen LogP contribution is -2.42. The number of nitrogens with one attached hydrogen (secondary N) is 1. The smallest absolute Gasteiger partial charge is 0.0616 e. The Morgan fingerprint density at radius 1 is 1.38 bits per heavy atom. The summed E-state index contributed by atoms with van der Waals surface area (Å²) < 4.78 is 5.44. The van der Waals surface area contributed by atoms with E-state index in [1.807, 2.05) is 0 Å². The van der Waals surface area contributed by atoms with Gasteiger partial charge in [0, 0.05) is 23.9 Å². The molecule has 1 fully saturated rings. The van der Waals surface area contributed by atoms with Gasteiger partial charge in [0.15, 0.2) is 0 Å². The summed E-state index contributed by atoms with van der Waals surface area (Å²) >= 11 is 2.13. The third kappa shape index (κ3) is 5.55. The van der Waals surface area contributed by atoms with Crippen LogP contribution in [0.3, 0.4) is 0 Å². The molecule has 0 saturated heterocycles. The van der Waals surface area contributed by atoms with Gasteiger partial charge in [-0.25, -0.2) is 0 Å². The van der Waals surface area contributed by atoms with Crippen molar-refractivity contribution in [3.05, 3.63) is 0 Å². The highest BCUT2D eigenvalue weighted by molar-refractivity contribution is 7.99. The molecule has 1 saturated carbocycles. The zero-order valence-electron chi connectivity index (χ0n) is 11.0. The topological polar surface area (TPSA) is 21.3 Å². The average molecular weight is 245 g/mol. The van der Waals surface area contributed by atoms with E-state index in [1.54, 1.807) is 0 Å². The zero-order chi connectivity index (χ0) is 11.8. The lowest BCUT2D eigenvalue weighted by Gasteiger charge is -2.31. The fourth-order valence-electron chi connectivity index (χ4n) is 2.43. The van der Waals surface area contributed by atoms with Crippen molar-refractivity contribution in [2.75, 3.05) is 19.0 Å². The third-order valence-electron chi connectivity index (χ3n) is 3.12. The van der Waals surface area contributed by atoms with Gasteiger partial charge in [0.25, 0.3) is 0 Å². The maximum atomic E-state index is 5.44. The Bertz CT molecular complexity index is 175. The molecule has 0 bridgehead atoms. The van der Waals surface area contributed by atoms with E-state index in [0.29, 0.717) is 12.1 Å². The summed E-state index contributed by atoms with van der Waals surface area (Å²) in [5.41, 5.74) is 0. The first kappa shape index (κ1) is 14.3. The van der Waals surface area contributed by atoms with Gasteiger partial charge in [-0.05, 0) is 38.9 Å². The molecule has 0 aromatic rings. The van der Waals surface area contributed by atoms with Crippen molar-refractivity contribution < 1.29 is 4.74 Å². The van der Waals surface area contributed by atoms with E-state index < -0.39 is 0 Å². The minimum absolute atomic E-state index is 0.496. The van der Waals surface area contributed by atoms with Gasteiger partial charge < -0.3 is 10.1 Å². The van der Waals surface area contributed by atoms with Crippen LogP contribution in [0.2, 0.25) is 0 Å². The second-order valence-electron chi connectivity index (χ2n) is 4.67. The summed E-state index contributed by atoms with van der Waals surface area (Å²) in [6.45, 7) is 8.22. The molecule has 1 rings (SSSR count). The van der Waals surface area contributed by atoms with E-state index in [1.165, 1.54) is 31.4 Å². The summed E-state index contributed by atoms with van der Waals surface area (Å²) in [6.07, 6.45) is 5.49. The fourth-order valence-corrected chi connectivity index (χ4v) is 3.60. The summed E-state index contributed by atoms with van der Waals surface area (Å²) in [5.74, 6) is 1.26. The fraction of sp³-hybridized carbons (Fsp3) is 1.00. The second kappa shape index (κ2) is 8.37. The molecule has 0 radical (unpaired) electrons. The van der Waals surface area contributed by atoms with Gasteiger partial charge in [0.05, 0.1) is 6.61 Å². The molecular weight excluding hydrogens is 218 g/mol. The van der Waals surface area contributed by atoms with Crippen LogP contribution in [0, 0.1) is 0 Å². The molecule has 0 heterocycles. The van der Waals surface area contributed by atoms with Gasteiger partial charge in [-0.2, -0.15) is 11.8 Å². The molecule has 0 aromatic carbocycles. The first-order valence-electron chi connectivity index (χ1n) is 6.71. The van der Waals surface area contributed by atoms with E-state index in [9.17, 15) is 0 Å². The van der Waals surface area contributed by atoms with E-state index in [-0.39, 0.29) is 0 Å². The van der Waals surface area contributed by atoms with E-state index in [0.717, 1.165) is 18.5 Å². The average Bonchev–Trinajstić information content (AvgIpc) is 2.27. The molecule has 0 amide bonds. The maximum absolute atomic E-state index is 5.44. The molecule has 3 atom stereocenters. The number of ether oxygens (including phenoxy) is 1. The molecule has 96 valence electrons. The standard InChI is InChI=1S/C13H27NOS/c1-4-15-10-11(3)14-12-7-6-8-13(9-12)16-5-2/h11-14H,4-10H2,1-3H3. The van der Waals surface area contributed by atoms with E-state index in [4.69, 9.17) is 4.74 Å². The minimum atomic E-state index is 0.496. The molecule has 3 heteroatoms. The van der Waals surface area contributed by atoms with Crippen LogP contribution in [0.25, 0.3) is 0 Å². The Balaban J connectivity index is 2.20.